The molecule has 1 aliphatic heterocycles. The number of rotatable bonds is 16. The molecule has 1 aliphatic rings. The Hall–Kier alpha value is -4.97. The summed E-state index contributed by atoms with van der Waals surface area (Å²) >= 11 is 0. The van der Waals surface area contributed by atoms with Crippen LogP contribution in [0.4, 0.5) is 0 Å². The highest BCUT2D eigenvalue weighted by Crippen LogP contribution is 2.24. The summed E-state index contributed by atoms with van der Waals surface area (Å²) < 4.78 is 10.2. The molecule has 0 bridgehead atoms. The van der Waals surface area contributed by atoms with Crippen molar-refractivity contribution in [2.45, 2.75) is 116 Å². The van der Waals surface area contributed by atoms with E-state index in [0.29, 0.717) is 29.4 Å². The fourth-order valence-electron chi connectivity index (χ4n) is 5.94. The number of esters is 2. The molecule has 0 radical (unpaired) electrons. The molecule has 52 heavy (non-hydrogen) atoms. The summed E-state index contributed by atoms with van der Waals surface area (Å²) in [5, 5.41) is 24.6. The lowest BCUT2D eigenvalue weighted by molar-refractivity contribution is -0.161. The molecule has 15 heteroatoms. The van der Waals surface area contributed by atoms with Gasteiger partial charge < -0.3 is 41.0 Å². The molecule has 1 saturated heterocycles. The molecule has 5 atom stereocenters. The van der Waals surface area contributed by atoms with Gasteiger partial charge in [0.05, 0.1) is 19.6 Å². The maximum Gasteiger partial charge on any atom is 0.329 e. The Balaban J connectivity index is 1.96. The van der Waals surface area contributed by atoms with Crippen molar-refractivity contribution in [1.29, 1.82) is 5.26 Å². The third-order valence-electron chi connectivity index (χ3n) is 8.54. The molecule has 0 saturated carbocycles. The number of para-hydroxylation sites is 1. The molecule has 1 aromatic heterocycles. The molecule has 2 heterocycles. The Morgan fingerprint density at radius 2 is 1.56 bits per heavy atom. The van der Waals surface area contributed by atoms with E-state index in [4.69, 9.17) is 9.47 Å². The molecule has 1 fully saturated rings. The number of nitrogens with zero attached hydrogens (tertiary/aromatic N) is 1. The minimum absolute atomic E-state index is 0.0754. The van der Waals surface area contributed by atoms with Gasteiger partial charge in [-0.05, 0) is 70.0 Å². The van der Waals surface area contributed by atoms with Gasteiger partial charge in [-0.2, -0.15) is 5.26 Å². The molecular weight excluding hydrogens is 670 g/mol. The number of benzene rings is 1. The molecule has 284 valence electrons. The predicted octanol–water partition coefficient (Wildman–Crippen LogP) is 1.88. The molecule has 2 aromatic rings. The van der Waals surface area contributed by atoms with E-state index in [1.54, 1.807) is 58.9 Å². The van der Waals surface area contributed by atoms with Gasteiger partial charge in [0, 0.05) is 17.3 Å². The number of amides is 4. The van der Waals surface area contributed by atoms with Crippen LogP contribution < -0.4 is 26.6 Å². The van der Waals surface area contributed by atoms with Crippen LogP contribution in [0.1, 0.15) is 85.4 Å². The number of ether oxygens (including phenoxy) is 2. The minimum atomic E-state index is -1.46. The van der Waals surface area contributed by atoms with Crippen molar-refractivity contribution in [1.82, 2.24) is 31.6 Å². The molecule has 3 rings (SSSR count). The summed E-state index contributed by atoms with van der Waals surface area (Å²) in [7, 11) is 1.14. The van der Waals surface area contributed by atoms with Gasteiger partial charge in [-0.15, -0.1) is 0 Å². The van der Waals surface area contributed by atoms with Gasteiger partial charge in [-0.3, -0.25) is 24.0 Å². The maximum absolute atomic E-state index is 14.1. The highest BCUT2D eigenvalue weighted by molar-refractivity contribution is 5.97. The SMILES string of the molecule is COC(=O)C[C@@H](NC(=O)[C@@H](Cc1c(C#N)[nH]c2ccccc12)NC(=O)[C@H](CC(C)C)NC(=O)[C@H](NC(=O)[C@@H]1CCCN1)C(C)C)C(=O)OC(C)(C)C. The number of nitrogens with one attached hydrogen (secondary N) is 6. The second kappa shape index (κ2) is 18.5. The Morgan fingerprint density at radius 1 is 0.923 bits per heavy atom. The van der Waals surface area contributed by atoms with Crippen LogP contribution in [0.3, 0.4) is 0 Å². The van der Waals surface area contributed by atoms with Gasteiger partial charge in [-0.25, -0.2) is 4.79 Å². The van der Waals surface area contributed by atoms with E-state index in [2.05, 4.69) is 37.6 Å². The van der Waals surface area contributed by atoms with E-state index in [9.17, 15) is 34.0 Å². The van der Waals surface area contributed by atoms with E-state index in [0.717, 1.165) is 13.5 Å². The van der Waals surface area contributed by atoms with E-state index >= 15 is 0 Å². The molecule has 0 spiro atoms. The first kappa shape index (κ1) is 41.5. The van der Waals surface area contributed by atoms with Crippen LogP contribution in [0.15, 0.2) is 24.3 Å². The standard InChI is InChI=1S/C37H53N7O8/c1-20(2)16-26(42-35(49)31(21(3)4)44-32(46)25-14-11-15-39-25)33(47)41-27(17-23-22-12-9-10-13-24(22)40-29(23)19-38)34(48)43-28(18-30(45)51-8)36(50)52-37(5,6)7/h9-10,12-13,20-21,25-28,31,39-40H,11,14-18H2,1-8H3,(H,41,47)(H,42,49)(H,43,48)(H,44,46)/t25-,26-,27+,28+,31+/m0/s1. The number of aromatic amines is 1. The van der Waals surface area contributed by atoms with Crippen molar-refractivity contribution < 1.29 is 38.2 Å². The van der Waals surface area contributed by atoms with Crippen LogP contribution >= 0.6 is 0 Å². The number of methoxy groups -OCH3 is 1. The van der Waals surface area contributed by atoms with Crippen molar-refractivity contribution >= 4 is 46.5 Å². The van der Waals surface area contributed by atoms with Crippen LogP contribution in [0.25, 0.3) is 10.9 Å². The summed E-state index contributed by atoms with van der Waals surface area (Å²) in [6.45, 7) is 12.9. The van der Waals surface area contributed by atoms with Crippen LogP contribution in [-0.4, -0.2) is 90.0 Å². The van der Waals surface area contributed by atoms with Gasteiger partial charge in [-0.1, -0.05) is 45.9 Å². The zero-order chi connectivity index (χ0) is 38.7. The van der Waals surface area contributed by atoms with E-state index in [1.165, 1.54) is 0 Å². The summed E-state index contributed by atoms with van der Waals surface area (Å²) in [6, 6.07) is 3.87. The lowest BCUT2D eigenvalue weighted by atomic mass is 9.98. The van der Waals surface area contributed by atoms with Gasteiger partial charge in [0.15, 0.2) is 0 Å². The van der Waals surface area contributed by atoms with E-state index in [-0.39, 0.29) is 36.3 Å². The number of hydrogen-bond acceptors (Lipinski definition) is 10. The summed E-state index contributed by atoms with van der Waals surface area (Å²) in [4.78, 5) is 83.2. The van der Waals surface area contributed by atoms with Gasteiger partial charge in [0.25, 0.3) is 0 Å². The number of nitriles is 1. The Bertz CT molecular complexity index is 1650. The molecule has 15 nitrogen and oxygen atoms in total. The zero-order valence-electron chi connectivity index (χ0n) is 31.3. The van der Waals surface area contributed by atoms with Crippen molar-refractivity contribution in [3.05, 3.63) is 35.5 Å². The first-order valence-corrected chi connectivity index (χ1v) is 17.7. The van der Waals surface area contributed by atoms with E-state index in [1.807, 2.05) is 13.8 Å². The fraction of sp³-hybridized carbons (Fsp3) is 0.595. The van der Waals surface area contributed by atoms with Crippen molar-refractivity contribution in [3.8, 4) is 6.07 Å². The lowest BCUT2D eigenvalue weighted by Crippen LogP contribution is -2.60. The largest absolute Gasteiger partial charge is 0.469 e. The van der Waals surface area contributed by atoms with Crippen LogP contribution in [-0.2, 0) is 44.7 Å². The molecular formula is C37H53N7O8. The zero-order valence-corrected chi connectivity index (χ0v) is 31.3. The van der Waals surface area contributed by atoms with Crippen LogP contribution in [0.5, 0.6) is 0 Å². The highest BCUT2D eigenvalue weighted by Gasteiger charge is 2.36. The topological polar surface area (TPSA) is 221 Å². The number of hydrogen-bond donors (Lipinski definition) is 6. The Kier molecular flexibility index (Phi) is 14.7. The second-order valence-corrected chi connectivity index (χ2v) is 14.8. The second-order valence-electron chi connectivity index (χ2n) is 14.8. The van der Waals surface area contributed by atoms with Crippen molar-refractivity contribution in [3.63, 3.8) is 0 Å². The first-order chi connectivity index (χ1) is 24.4. The molecule has 0 unspecified atom stereocenters. The third kappa shape index (κ3) is 11.8. The minimum Gasteiger partial charge on any atom is -0.469 e. The Morgan fingerprint density at radius 3 is 2.13 bits per heavy atom. The Labute approximate surface area is 304 Å². The quantitative estimate of drug-likeness (QED) is 0.138. The monoisotopic (exact) mass is 723 g/mol. The average molecular weight is 724 g/mol. The normalized spacial score (nSPS) is 16.7. The fourth-order valence-corrected chi connectivity index (χ4v) is 5.94. The number of fused-ring (bicyclic) bond motifs is 1. The van der Waals surface area contributed by atoms with Crippen molar-refractivity contribution in [2.75, 3.05) is 13.7 Å². The average Bonchev–Trinajstić information content (AvgIpc) is 3.73. The predicted molar refractivity (Wildman–Crippen MR) is 192 cm³/mol. The van der Waals surface area contributed by atoms with Gasteiger partial charge in [0.2, 0.25) is 23.6 Å². The molecule has 6 N–H and O–H groups in total. The number of aromatic nitrogens is 1. The molecule has 0 aliphatic carbocycles. The number of carbonyl (C=O) groups excluding carboxylic acids is 6. The molecule has 4 amide bonds. The van der Waals surface area contributed by atoms with E-state index < -0.39 is 71.9 Å². The van der Waals surface area contributed by atoms with Crippen molar-refractivity contribution in [2.24, 2.45) is 11.8 Å². The first-order valence-electron chi connectivity index (χ1n) is 17.7. The van der Waals surface area contributed by atoms with Crippen LogP contribution in [0.2, 0.25) is 0 Å². The molecule has 1 aromatic carbocycles. The third-order valence-corrected chi connectivity index (χ3v) is 8.54. The summed E-state index contributed by atoms with van der Waals surface area (Å²) in [6.07, 6.45) is 0.953. The summed E-state index contributed by atoms with van der Waals surface area (Å²) in [5.41, 5.74) is 0.300. The van der Waals surface area contributed by atoms with Crippen LogP contribution in [0, 0.1) is 23.2 Å². The maximum atomic E-state index is 14.1. The van der Waals surface area contributed by atoms with Gasteiger partial charge in [0.1, 0.15) is 41.5 Å². The number of carbonyl (C=O) groups is 6. The number of H-pyrrole nitrogens is 1. The lowest BCUT2D eigenvalue weighted by Gasteiger charge is -2.29. The highest BCUT2D eigenvalue weighted by atomic mass is 16.6. The van der Waals surface area contributed by atoms with Gasteiger partial charge >= 0.3 is 11.9 Å². The smallest absolute Gasteiger partial charge is 0.329 e. The summed E-state index contributed by atoms with van der Waals surface area (Å²) in [5.74, 6) is -4.45.